The zero-order valence-corrected chi connectivity index (χ0v) is 13.4. The molecular formula is C16H21F3N4O. The molecule has 1 spiro atoms. The van der Waals surface area contributed by atoms with Crippen molar-refractivity contribution in [1.82, 2.24) is 20.2 Å². The first-order valence-electron chi connectivity index (χ1n) is 8.30. The maximum atomic E-state index is 12.6. The van der Waals surface area contributed by atoms with Crippen LogP contribution in [0, 0.1) is 5.41 Å². The van der Waals surface area contributed by atoms with Crippen molar-refractivity contribution in [2.75, 3.05) is 13.1 Å². The molecule has 1 aromatic heterocycles. The molecule has 2 aliphatic rings. The van der Waals surface area contributed by atoms with Crippen molar-refractivity contribution in [1.29, 1.82) is 0 Å². The van der Waals surface area contributed by atoms with Gasteiger partial charge in [0.2, 0.25) is 0 Å². The van der Waals surface area contributed by atoms with E-state index in [1.807, 2.05) is 0 Å². The molecule has 0 unspecified atom stereocenters. The second-order valence-electron chi connectivity index (χ2n) is 6.75. The van der Waals surface area contributed by atoms with Crippen molar-refractivity contribution >= 4 is 6.03 Å². The maximum absolute atomic E-state index is 12.6. The van der Waals surface area contributed by atoms with Crippen LogP contribution < -0.4 is 5.32 Å². The molecular weight excluding hydrogens is 321 g/mol. The van der Waals surface area contributed by atoms with E-state index in [2.05, 4.69) is 15.3 Å². The Morgan fingerprint density at radius 3 is 2.71 bits per heavy atom. The summed E-state index contributed by atoms with van der Waals surface area (Å²) in [4.78, 5) is 21.3. The number of halogens is 3. The van der Waals surface area contributed by atoms with Gasteiger partial charge in [-0.1, -0.05) is 19.3 Å². The topological polar surface area (TPSA) is 58.1 Å². The molecule has 24 heavy (non-hydrogen) atoms. The number of hydrogen-bond donors (Lipinski definition) is 1. The molecule has 8 heteroatoms. The number of amides is 2. The first kappa shape index (κ1) is 17.0. The predicted octanol–water partition coefficient (Wildman–Crippen LogP) is 3.36. The van der Waals surface area contributed by atoms with E-state index in [0.29, 0.717) is 6.54 Å². The van der Waals surface area contributed by atoms with E-state index >= 15 is 0 Å². The number of aromatic nitrogens is 2. The van der Waals surface area contributed by atoms with Crippen LogP contribution in [0.3, 0.4) is 0 Å². The van der Waals surface area contributed by atoms with Crippen molar-refractivity contribution in [3.8, 4) is 0 Å². The zero-order chi connectivity index (χ0) is 17.2. The third kappa shape index (κ3) is 3.79. The van der Waals surface area contributed by atoms with E-state index < -0.39 is 11.9 Å². The molecule has 1 aliphatic carbocycles. The molecule has 2 fully saturated rings. The highest BCUT2D eigenvalue weighted by atomic mass is 19.4. The molecule has 1 N–H and O–H groups in total. The lowest BCUT2D eigenvalue weighted by atomic mass is 9.73. The fourth-order valence-electron chi connectivity index (χ4n) is 3.73. The monoisotopic (exact) mass is 342 g/mol. The molecule has 1 saturated carbocycles. The maximum Gasteiger partial charge on any atom is 0.433 e. The number of alkyl halides is 3. The fourth-order valence-corrected chi connectivity index (χ4v) is 3.73. The van der Waals surface area contributed by atoms with Crippen LogP contribution in [-0.2, 0) is 12.7 Å². The van der Waals surface area contributed by atoms with E-state index in [1.165, 1.54) is 19.3 Å². The van der Waals surface area contributed by atoms with Crippen LogP contribution in [0.1, 0.15) is 50.0 Å². The Bertz CT molecular complexity index is 599. The normalized spacial score (nSPS) is 20.4. The number of hydrogen-bond acceptors (Lipinski definition) is 3. The van der Waals surface area contributed by atoms with Gasteiger partial charge < -0.3 is 10.2 Å². The predicted molar refractivity (Wildman–Crippen MR) is 81.0 cm³/mol. The SMILES string of the molecule is O=C(NCc1nccc(C(F)(F)F)n1)N1CCC2(CCCCC2)C1. The molecule has 1 aliphatic heterocycles. The Kier molecular flexibility index (Phi) is 4.64. The van der Waals surface area contributed by atoms with Gasteiger partial charge in [0.1, 0.15) is 11.5 Å². The number of nitrogens with zero attached hydrogens (tertiary/aromatic N) is 3. The molecule has 2 heterocycles. The summed E-state index contributed by atoms with van der Waals surface area (Å²) in [6, 6.07) is 0.567. The number of carbonyl (C=O) groups excluding carboxylic acids is 1. The Morgan fingerprint density at radius 1 is 1.25 bits per heavy atom. The summed E-state index contributed by atoms with van der Waals surface area (Å²) in [6.07, 6.45) is 3.58. The van der Waals surface area contributed by atoms with Crippen molar-refractivity contribution in [2.45, 2.75) is 51.2 Å². The zero-order valence-electron chi connectivity index (χ0n) is 13.4. The molecule has 1 saturated heterocycles. The molecule has 0 atom stereocenters. The quantitative estimate of drug-likeness (QED) is 0.896. The lowest BCUT2D eigenvalue weighted by Crippen LogP contribution is -2.40. The van der Waals surface area contributed by atoms with Gasteiger partial charge >= 0.3 is 12.2 Å². The van der Waals surface area contributed by atoms with Gasteiger partial charge in [-0.2, -0.15) is 13.2 Å². The highest BCUT2D eigenvalue weighted by molar-refractivity contribution is 5.74. The van der Waals surface area contributed by atoms with Crippen LogP contribution in [0.2, 0.25) is 0 Å². The van der Waals surface area contributed by atoms with Crippen molar-refractivity contribution < 1.29 is 18.0 Å². The number of rotatable bonds is 2. The molecule has 1 aromatic rings. The van der Waals surface area contributed by atoms with Gasteiger partial charge in [0, 0.05) is 19.3 Å². The largest absolute Gasteiger partial charge is 0.433 e. The van der Waals surface area contributed by atoms with Crippen molar-refractivity contribution in [3.63, 3.8) is 0 Å². The van der Waals surface area contributed by atoms with Crippen LogP contribution in [0.25, 0.3) is 0 Å². The van der Waals surface area contributed by atoms with Crippen LogP contribution >= 0.6 is 0 Å². The number of carbonyl (C=O) groups is 1. The Labute approximate surface area is 138 Å². The van der Waals surface area contributed by atoms with E-state index in [0.717, 1.165) is 38.1 Å². The molecule has 5 nitrogen and oxygen atoms in total. The molecule has 0 radical (unpaired) electrons. The summed E-state index contributed by atoms with van der Waals surface area (Å²) in [7, 11) is 0. The standard InChI is InChI=1S/C16H21F3N4O/c17-16(18,19)12-4-8-20-13(22-12)10-21-14(24)23-9-7-15(11-23)5-2-1-3-6-15/h4,8H,1-3,5-7,9-11H2,(H,21,24). The lowest BCUT2D eigenvalue weighted by Gasteiger charge is -2.33. The van der Waals surface area contributed by atoms with Gasteiger partial charge in [-0.05, 0) is 30.7 Å². The number of urea groups is 1. The summed E-state index contributed by atoms with van der Waals surface area (Å²) >= 11 is 0. The van der Waals surface area contributed by atoms with Gasteiger partial charge in [0.15, 0.2) is 0 Å². The Balaban J connectivity index is 1.55. The Morgan fingerprint density at radius 2 is 2.00 bits per heavy atom. The number of nitrogens with one attached hydrogen (secondary N) is 1. The van der Waals surface area contributed by atoms with Crippen molar-refractivity contribution in [2.24, 2.45) is 5.41 Å². The van der Waals surface area contributed by atoms with Crippen LogP contribution in [-0.4, -0.2) is 34.0 Å². The first-order valence-corrected chi connectivity index (χ1v) is 8.30. The third-order valence-electron chi connectivity index (χ3n) is 5.03. The summed E-state index contributed by atoms with van der Waals surface area (Å²) in [5, 5.41) is 2.64. The summed E-state index contributed by atoms with van der Waals surface area (Å²) in [5.41, 5.74) is -0.744. The van der Waals surface area contributed by atoms with Crippen LogP contribution in [0.5, 0.6) is 0 Å². The first-order chi connectivity index (χ1) is 11.4. The molecule has 3 rings (SSSR count). The minimum atomic E-state index is -4.51. The van der Waals surface area contributed by atoms with Crippen LogP contribution in [0.15, 0.2) is 12.3 Å². The second-order valence-corrected chi connectivity index (χ2v) is 6.75. The minimum Gasteiger partial charge on any atom is -0.331 e. The fraction of sp³-hybridized carbons (Fsp3) is 0.688. The van der Waals surface area contributed by atoms with Crippen molar-refractivity contribution in [3.05, 3.63) is 23.8 Å². The molecule has 0 bridgehead atoms. The highest BCUT2D eigenvalue weighted by Crippen LogP contribution is 2.43. The molecule has 0 aromatic carbocycles. The Hall–Kier alpha value is -1.86. The van der Waals surface area contributed by atoms with Gasteiger partial charge in [-0.3, -0.25) is 0 Å². The number of likely N-dealkylation sites (tertiary alicyclic amines) is 1. The highest BCUT2D eigenvalue weighted by Gasteiger charge is 2.40. The molecule has 132 valence electrons. The average Bonchev–Trinajstić information content (AvgIpc) is 2.96. The van der Waals surface area contributed by atoms with E-state index in [1.54, 1.807) is 4.90 Å². The minimum absolute atomic E-state index is 0.0373. The van der Waals surface area contributed by atoms with Gasteiger partial charge in [-0.25, -0.2) is 14.8 Å². The van der Waals surface area contributed by atoms with E-state index in [9.17, 15) is 18.0 Å². The summed E-state index contributed by atoms with van der Waals surface area (Å²) in [6.45, 7) is 1.34. The summed E-state index contributed by atoms with van der Waals surface area (Å²) in [5.74, 6) is -0.0373. The second kappa shape index (κ2) is 6.57. The van der Waals surface area contributed by atoms with Gasteiger partial charge in [0.25, 0.3) is 0 Å². The molecule has 2 amide bonds. The summed E-state index contributed by atoms with van der Waals surface area (Å²) < 4.78 is 37.9. The van der Waals surface area contributed by atoms with Gasteiger partial charge in [-0.15, -0.1) is 0 Å². The average molecular weight is 342 g/mol. The van der Waals surface area contributed by atoms with E-state index in [4.69, 9.17) is 0 Å². The smallest absolute Gasteiger partial charge is 0.331 e. The lowest BCUT2D eigenvalue weighted by molar-refractivity contribution is -0.141. The van der Waals surface area contributed by atoms with Gasteiger partial charge in [0.05, 0.1) is 6.54 Å². The van der Waals surface area contributed by atoms with E-state index in [-0.39, 0.29) is 23.8 Å². The van der Waals surface area contributed by atoms with Crippen LogP contribution in [0.4, 0.5) is 18.0 Å². The third-order valence-corrected chi connectivity index (χ3v) is 5.03.